The average Bonchev–Trinajstić information content (AvgIpc) is 2.80. The van der Waals surface area contributed by atoms with E-state index in [4.69, 9.17) is 9.47 Å². The summed E-state index contributed by atoms with van der Waals surface area (Å²) in [7, 11) is 1.56. The van der Waals surface area contributed by atoms with Gasteiger partial charge in [-0.25, -0.2) is 5.43 Å². The van der Waals surface area contributed by atoms with Crippen LogP contribution in [-0.2, 0) is 16.2 Å². The number of methoxy groups -OCH3 is 1. The zero-order valence-electron chi connectivity index (χ0n) is 18.0. The van der Waals surface area contributed by atoms with Crippen LogP contribution < -0.4 is 20.2 Å². The highest BCUT2D eigenvalue weighted by Gasteiger charge is 2.10. The molecule has 0 aliphatic rings. The Morgan fingerprint density at radius 2 is 1.69 bits per heavy atom. The lowest BCUT2D eigenvalue weighted by Crippen LogP contribution is -2.24. The van der Waals surface area contributed by atoms with Gasteiger partial charge in [0.05, 0.1) is 13.3 Å². The third kappa shape index (κ3) is 6.70. The second-order valence-corrected chi connectivity index (χ2v) is 7.02. The van der Waals surface area contributed by atoms with E-state index >= 15 is 0 Å². The van der Waals surface area contributed by atoms with Crippen molar-refractivity contribution in [1.82, 2.24) is 5.43 Å². The molecule has 0 heterocycles. The van der Waals surface area contributed by atoms with Crippen LogP contribution in [0.15, 0.2) is 77.9 Å². The molecule has 0 bridgehead atoms. The third-order valence-electron chi connectivity index (χ3n) is 4.57. The van der Waals surface area contributed by atoms with Crippen LogP contribution in [0, 0.1) is 6.92 Å². The molecule has 0 aromatic heterocycles. The van der Waals surface area contributed by atoms with Crippen LogP contribution in [0.2, 0.25) is 0 Å². The summed E-state index contributed by atoms with van der Waals surface area (Å²) in [5.74, 6) is 0.231. The number of ether oxygens (including phenoxy) is 2. The Hall–Kier alpha value is -4.13. The summed E-state index contributed by atoms with van der Waals surface area (Å²) in [6, 6.07) is 22.5. The molecular formula is C25H25N3O4. The average molecular weight is 431 g/mol. The number of benzene rings is 3. The molecule has 32 heavy (non-hydrogen) atoms. The molecular weight excluding hydrogens is 406 g/mol. The molecule has 0 spiro atoms. The Morgan fingerprint density at radius 1 is 0.938 bits per heavy atom. The van der Waals surface area contributed by atoms with E-state index in [9.17, 15) is 9.59 Å². The van der Waals surface area contributed by atoms with Gasteiger partial charge >= 0.3 is 0 Å². The van der Waals surface area contributed by atoms with Crippen molar-refractivity contribution < 1.29 is 19.1 Å². The molecule has 2 amide bonds. The van der Waals surface area contributed by atoms with Crippen molar-refractivity contribution in [3.05, 3.63) is 89.5 Å². The van der Waals surface area contributed by atoms with Crippen molar-refractivity contribution in [1.29, 1.82) is 0 Å². The molecule has 0 atom stereocenters. The number of rotatable bonds is 9. The lowest BCUT2D eigenvalue weighted by molar-refractivity contribution is -0.126. The Balaban J connectivity index is 1.51. The highest BCUT2D eigenvalue weighted by atomic mass is 16.5. The largest absolute Gasteiger partial charge is 0.493 e. The maximum Gasteiger partial charge on any atom is 0.249 e. The van der Waals surface area contributed by atoms with E-state index < -0.39 is 11.8 Å². The lowest BCUT2D eigenvalue weighted by atomic mass is 10.2. The van der Waals surface area contributed by atoms with Gasteiger partial charge in [-0.15, -0.1) is 0 Å². The van der Waals surface area contributed by atoms with Crippen LogP contribution in [0.3, 0.4) is 0 Å². The monoisotopic (exact) mass is 431 g/mol. The number of aryl methyl sites for hydroxylation is 1. The van der Waals surface area contributed by atoms with Gasteiger partial charge in [-0.2, -0.15) is 5.10 Å². The number of nitrogens with zero attached hydrogens (tertiary/aromatic N) is 1. The number of hydrogen-bond donors (Lipinski definition) is 2. The first-order valence-electron chi connectivity index (χ1n) is 10.1. The number of para-hydroxylation sites is 1. The van der Waals surface area contributed by atoms with Crippen LogP contribution in [0.25, 0.3) is 0 Å². The molecule has 0 unspecified atom stereocenters. The summed E-state index contributed by atoms with van der Waals surface area (Å²) < 4.78 is 11.2. The second-order valence-electron chi connectivity index (χ2n) is 7.02. The second kappa shape index (κ2) is 11.3. The van der Waals surface area contributed by atoms with Crippen molar-refractivity contribution in [2.75, 3.05) is 12.4 Å². The lowest BCUT2D eigenvalue weighted by Gasteiger charge is -2.11. The predicted molar refractivity (Wildman–Crippen MR) is 124 cm³/mol. The van der Waals surface area contributed by atoms with Gasteiger partial charge in [-0.3, -0.25) is 9.59 Å². The minimum Gasteiger partial charge on any atom is -0.493 e. The van der Waals surface area contributed by atoms with Crippen LogP contribution >= 0.6 is 0 Å². The van der Waals surface area contributed by atoms with Gasteiger partial charge in [0, 0.05) is 5.69 Å². The van der Waals surface area contributed by atoms with Crippen LogP contribution in [-0.4, -0.2) is 25.1 Å². The maximum absolute atomic E-state index is 12.0. The van der Waals surface area contributed by atoms with E-state index in [1.54, 1.807) is 31.4 Å². The number of hydrazone groups is 1. The summed E-state index contributed by atoms with van der Waals surface area (Å²) in [6.45, 7) is 2.30. The van der Waals surface area contributed by atoms with Crippen LogP contribution in [0.4, 0.5) is 5.69 Å². The number of anilines is 1. The van der Waals surface area contributed by atoms with Crippen molar-refractivity contribution in [3.63, 3.8) is 0 Å². The minimum absolute atomic E-state index is 0.332. The van der Waals surface area contributed by atoms with Gasteiger partial charge in [-0.05, 0) is 47.9 Å². The molecule has 0 saturated carbocycles. The minimum atomic E-state index is -0.512. The van der Waals surface area contributed by atoms with Crippen molar-refractivity contribution in [2.45, 2.75) is 20.0 Å². The SMILES string of the molecule is COc1cc(C=NNC(=O)CC(=O)Nc2ccccc2C)ccc1OCc1ccccc1. The molecule has 7 nitrogen and oxygen atoms in total. The normalized spacial score (nSPS) is 10.6. The van der Waals surface area contributed by atoms with E-state index in [0.29, 0.717) is 29.4 Å². The van der Waals surface area contributed by atoms with Gasteiger partial charge in [-0.1, -0.05) is 48.5 Å². The summed E-state index contributed by atoms with van der Waals surface area (Å²) in [6.07, 6.45) is 1.14. The van der Waals surface area contributed by atoms with Crippen molar-refractivity contribution >= 4 is 23.7 Å². The quantitative estimate of drug-likeness (QED) is 0.304. The fourth-order valence-electron chi connectivity index (χ4n) is 2.89. The highest BCUT2D eigenvalue weighted by molar-refractivity contribution is 6.04. The number of nitrogens with one attached hydrogen (secondary N) is 2. The van der Waals surface area contributed by atoms with Crippen LogP contribution in [0.5, 0.6) is 11.5 Å². The topological polar surface area (TPSA) is 89.0 Å². The Labute approximate surface area is 187 Å². The predicted octanol–water partition coefficient (Wildman–Crippen LogP) is 4.06. The summed E-state index contributed by atoms with van der Waals surface area (Å²) >= 11 is 0. The Bertz CT molecular complexity index is 1100. The van der Waals surface area contributed by atoms with Crippen molar-refractivity contribution in [3.8, 4) is 11.5 Å². The zero-order valence-corrected chi connectivity index (χ0v) is 18.0. The first-order valence-corrected chi connectivity index (χ1v) is 10.1. The van der Waals surface area contributed by atoms with Gasteiger partial charge in [0.25, 0.3) is 0 Å². The molecule has 164 valence electrons. The van der Waals surface area contributed by atoms with Gasteiger partial charge < -0.3 is 14.8 Å². The van der Waals surface area contributed by atoms with E-state index in [2.05, 4.69) is 15.8 Å². The molecule has 3 aromatic carbocycles. The van der Waals surface area contributed by atoms with E-state index in [1.165, 1.54) is 6.21 Å². The van der Waals surface area contributed by atoms with Gasteiger partial charge in [0.1, 0.15) is 13.0 Å². The fourth-order valence-corrected chi connectivity index (χ4v) is 2.89. The summed E-state index contributed by atoms with van der Waals surface area (Å²) in [5.41, 5.74) is 5.71. The van der Waals surface area contributed by atoms with Crippen molar-refractivity contribution in [2.24, 2.45) is 5.10 Å². The van der Waals surface area contributed by atoms with Crippen LogP contribution in [0.1, 0.15) is 23.1 Å². The molecule has 0 aliphatic carbocycles. The van der Waals surface area contributed by atoms with Gasteiger partial charge in [0.15, 0.2) is 11.5 Å². The maximum atomic E-state index is 12.0. The van der Waals surface area contributed by atoms with E-state index in [1.807, 2.05) is 55.5 Å². The molecule has 2 N–H and O–H groups in total. The number of hydrogen-bond acceptors (Lipinski definition) is 5. The molecule has 7 heteroatoms. The standard InChI is InChI=1S/C25H25N3O4/c1-18-8-6-7-11-21(18)27-24(29)15-25(30)28-26-16-20-12-13-22(23(14-20)31-2)32-17-19-9-4-3-5-10-19/h3-14,16H,15,17H2,1-2H3,(H,27,29)(H,28,30). The first-order chi connectivity index (χ1) is 15.5. The highest BCUT2D eigenvalue weighted by Crippen LogP contribution is 2.28. The molecule has 3 rings (SSSR count). The number of carbonyl (C=O) groups excluding carboxylic acids is 2. The van der Waals surface area contributed by atoms with E-state index in [0.717, 1.165) is 11.1 Å². The zero-order chi connectivity index (χ0) is 22.8. The first kappa shape index (κ1) is 22.6. The molecule has 3 aromatic rings. The third-order valence-corrected chi connectivity index (χ3v) is 4.57. The van der Waals surface area contributed by atoms with E-state index in [-0.39, 0.29) is 6.42 Å². The Morgan fingerprint density at radius 3 is 2.44 bits per heavy atom. The summed E-state index contributed by atoms with van der Waals surface area (Å²) in [4.78, 5) is 24.0. The fraction of sp³-hybridized carbons (Fsp3) is 0.160. The molecule has 0 fully saturated rings. The molecule has 0 radical (unpaired) electrons. The molecule has 0 saturated heterocycles. The Kier molecular flexibility index (Phi) is 7.97. The van der Waals surface area contributed by atoms with Gasteiger partial charge in [0.2, 0.25) is 11.8 Å². The molecule has 0 aliphatic heterocycles. The summed E-state index contributed by atoms with van der Waals surface area (Å²) in [5, 5.41) is 6.63. The number of carbonyl (C=O) groups is 2. The smallest absolute Gasteiger partial charge is 0.249 e. The number of amides is 2.